The minimum Gasteiger partial charge on any atom is -0.455 e. The number of aliphatic hydroxyl groups excluding tert-OH is 1. The van der Waals surface area contributed by atoms with E-state index in [0.29, 0.717) is 51.1 Å². The maximum Gasteiger partial charge on any atom is 0.313 e. The van der Waals surface area contributed by atoms with E-state index in [2.05, 4.69) is 34.0 Å². The first-order chi connectivity index (χ1) is 25.4. The van der Waals surface area contributed by atoms with Gasteiger partial charge in [0.15, 0.2) is 0 Å². The Labute approximate surface area is 322 Å². The molecule has 1 spiro atoms. The molecule has 4 aliphatic rings. The lowest BCUT2D eigenvalue weighted by molar-refractivity contribution is -0.165. The number of amides is 3. The van der Waals surface area contributed by atoms with Crippen molar-refractivity contribution in [2.45, 2.75) is 87.2 Å². The number of nitrogens with zero attached hydrogens (tertiary/aromatic N) is 4. The van der Waals surface area contributed by atoms with Crippen LogP contribution in [-0.4, -0.2) is 143 Å². The molecule has 4 saturated heterocycles. The number of allylic oxidation sites excluding steroid dienone is 1. The summed E-state index contributed by atoms with van der Waals surface area (Å²) in [5, 5.41) is 10.8. The maximum atomic E-state index is 15.0. The van der Waals surface area contributed by atoms with Crippen molar-refractivity contribution < 1.29 is 38.5 Å². The van der Waals surface area contributed by atoms with Crippen molar-refractivity contribution in [2.24, 2.45) is 17.8 Å². The van der Waals surface area contributed by atoms with Crippen molar-refractivity contribution in [3.63, 3.8) is 0 Å². The molecule has 292 valence electrons. The van der Waals surface area contributed by atoms with E-state index in [0.717, 1.165) is 13.1 Å². The molecule has 1 aromatic rings. The van der Waals surface area contributed by atoms with Crippen molar-refractivity contribution in [3.8, 4) is 0 Å². The van der Waals surface area contributed by atoms with Crippen molar-refractivity contribution in [1.82, 2.24) is 19.6 Å². The number of hydrogen-bond acceptors (Lipinski definition) is 9. The molecule has 10 atom stereocenters. The van der Waals surface area contributed by atoms with Crippen LogP contribution in [0, 0.1) is 17.8 Å². The molecule has 4 aliphatic heterocycles. The van der Waals surface area contributed by atoms with Crippen LogP contribution in [0.5, 0.6) is 0 Å². The van der Waals surface area contributed by atoms with Crippen molar-refractivity contribution in [3.05, 3.63) is 61.2 Å². The van der Waals surface area contributed by atoms with Gasteiger partial charge >= 0.3 is 5.97 Å². The van der Waals surface area contributed by atoms with Crippen LogP contribution in [0.15, 0.2) is 55.6 Å². The summed E-state index contributed by atoms with van der Waals surface area (Å²) in [6.45, 7) is 17.1. The number of hydrogen-bond donors (Lipinski definition) is 1. The van der Waals surface area contributed by atoms with Crippen LogP contribution in [-0.2, 0) is 33.4 Å². The summed E-state index contributed by atoms with van der Waals surface area (Å²) in [4.78, 5) is 64.4. The summed E-state index contributed by atoms with van der Waals surface area (Å²) in [5.74, 6) is -3.60. The molecule has 1 aromatic carbocycles. The van der Waals surface area contributed by atoms with Gasteiger partial charge in [0.05, 0.1) is 49.8 Å². The number of alkyl halides is 1. The second-order valence-electron chi connectivity index (χ2n) is 14.9. The van der Waals surface area contributed by atoms with Crippen molar-refractivity contribution in [2.75, 3.05) is 59.6 Å². The zero-order chi connectivity index (χ0) is 38.4. The third-order valence-corrected chi connectivity index (χ3v) is 12.8. The number of ether oxygens (including phenoxy) is 3. The SMILES string of the molecule is C=CCCC(=O)N(C)[C@@H](C)[C@@H](OC(=O)[C@H]1[C@@H]2O[C@@]3(CC2Br)[C@@H]1C(=O)N([C@@H](CO)[C@@H](C)CC)[C@@H]3C(=O)N(CC=C)CCN1CCOCC1)c1ccccc1. The lowest BCUT2D eigenvalue weighted by atomic mass is 9.70. The summed E-state index contributed by atoms with van der Waals surface area (Å²) < 4.78 is 18.7. The molecular weight excluding hydrogens is 744 g/mol. The molecule has 53 heavy (non-hydrogen) atoms. The van der Waals surface area contributed by atoms with Gasteiger partial charge in [-0.1, -0.05) is 78.7 Å². The van der Waals surface area contributed by atoms with Gasteiger partial charge in [-0.15, -0.1) is 13.2 Å². The van der Waals surface area contributed by atoms with Crippen molar-refractivity contribution >= 4 is 39.6 Å². The number of benzene rings is 1. The predicted molar refractivity (Wildman–Crippen MR) is 204 cm³/mol. The number of rotatable bonds is 18. The summed E-state index contributed by atoms with van der Waals surface area (Å²) in [7, 11) is 1.69. The first-order valence-electron chi connectivity index (χ1n) is 19.0. The van der Waals surface area contributed by atoms with Gasteiger partial charge in [-0.05, 0) is 31.2 Å². The molecule has 13 heteroatoms. The fraction of sp³-hybridized carbons (Fsp3) is 0.650. The molecular formula is C40H57BrN4O8. The minimum absolute atomic E-state index is 0.113. The molecule has 4 heterocycles. The number of likely N-dealkylation sites (N-methyl/N-ethyl adjacent to an activating group) is 1. The molecule has 0 saturated carbocycles. The number of halogens is 1. The second-order valence-corrected chi connectivity index (χ2v) is 16.1. The van der Waals surface area contributed by atoms with E-state index in [1.807, 2.05) is 51.1 Å². The third kappa shape index (κ3) is 8.15. The highest BCUT2D eigenvalue weighted by Gasteiger charge is 2.77. The molecule has 1 unspecified atom stereocenters. The lowest BCUT2D eigenvalue weighted by Crippen LogP contribution is -2.60. The summed E-state index contributed by atoms with van der Waals surface area (Å²) in [6.07, 6.45) is 3.57. The molecule has 0 aromatic heterocycles. The van der Waals surface area contributed by atoms with Gasteiger partial charge < -0.3 is 34.0 Å². The Morgan fingerprint density at radius 3 is 2.47 bits per heavy atom. The first-order valence-corrected chi connectivity index (χ1v) is 19.9. The van der Waals surface area contributed by atoms with Gasteiger partial charge in [-0.3, -0.25) is 24.1 Å². The highest BCUT2D eigenvalue weighted by atomic mass is 79.9. The summed E-state index contributed by atoms with van der Waals surface area (Å²) in [6, 6.07) is 6.97. The number of carbonyl (C=O) groups is 4. The number of esters is 1. The summed E-state index contributed by atoms with van der Waals surface area (Å²) >= 11 is 3.77. The smallest absolute Gasteiger partial charge is 0.313 e. The van der Waals surface area contributed by atoms with E-state index >= 15 is 0 Å². The fourth-order valence-electron chi connectivity index (χ4n) is 8.62. The highest BCUT2D eigenvalue weighted by molar-refractivity contribution is 9.09. The monoisotopic (exact) mass is 800 g/mol. The van der Waals surface area contributed by atoms with E-state index in [9.17, 15) is 24.3 Å². The van der Waals surface area contributed by atoms with Gasteiger partial charge in [-0.25, -0.2) is 0 Å². The number of fused-ring (bicyclic) bond motifs is 1. The number of likely N-dealkylation sites (tertiary alicyclic amines) is 1. The molecule has 1 N–H and O–H groups in total. The van der Waals surface area contributed by atoms with Crippen molar-refractivity contribution in [1.29, 1.82) is 0 Å². The molecule has 3 amide bonds. The largest absolute Gasteiger partial charge is 0.455 e. The Morgan fingerprint density at radius 1 is 1.15 bits per heavy atom. The van der Waals surface area contributed by atoms with Crippen LogP contribution >= 0.6 is 15.9 Å². The molecule has 0 aliphatic carbocycles. The third-order valence-electron chi connectivity index (χ3n) is 11.9. The van der Waals surface area contributed by atoms with Crippen LogP contribution in [0.2, 0.25) is 0 Å². The predicted octanol–water partition coefficient (Wildman–Crippen LogP) is 3.59. The van der Waals surface area contributed by atoms with Crippen LogP contribution in [0.4, 0.5) is 0 Å². The van der Waals surface area contributed by atoms with E-state index in [1.54, 1.807) is 29.0 Å². The molecule has 2 bridgehead atoms. The van der Waals surface area contributed by atoms with Gasteiger partial charge in [-0.2, -0.15) is 0 Å². The van der Waals surface area contributed by atoms with Gasteiger partial charge in [0.25, 0.3) is 0 Å². The Kier molecular flexibility index (Phi) is 14.0. The number of aliphatic hydroxyl groups is 1. The maximum absolute atomic E-state index is 15.0. The quantitative estimate of drug-likeness (QED) is 0.135. The standard InChI is InChI=1S/C40H57BrN4O8/c1-7-10-16-31(47)42(6)27(5)34(28-14-12-11-13-15-28)52-39(50)32-33-37(48)45(30(25-46)26(4)9-3)36(40(33)24-29(41)35(32)53-40)38(49)44(17-8-2)19-18-43-20-22-51-23-21-43/h7-8,11-15,26-27,29-30,32-36,46H,1-2,9-10,16-25H2,3-6H3/t26-,27-,29?,30-,32+,33-,34+,35+,36+,40-/m0/s1. The van der Waals surface area contributed by atoms with E-state index < -0.39 is 53.7 Å². The Morgan fingerprint density at radius 2 is 1.85 bits per heavy atom. The van der Waals surface area contributed by atoms with Gasteiger partial charge in [0, 0.05) is 51.0 Å². The summed E-state index contributed by atoms with van der Waals surface area (Å²) in [5.41, 5.74) is -0.628. The van der Waals surface area contributed by atoms with Gasteiger partial charge in [0.1, 0.15) is 17.7 Å². The van der Waals surface area contributed by atoms with Crippen LogP contribution in [0.3, 0.4) is 0 Å². The van der Waals surface area contributed by atoms with Crippen LogP contribution < -0.4 is 0 Å². The minimum atomic E-state index is -1.33. The average Bonchev–Trinajstić information content (AvgIpc) is 3.77. The lowest BCUT2D eigenvalue weighted by Gasteiger charge is -2.41. The normalized spacial score (nSPS) is 28.8. The highest BCUT2D eigenvalue weighted by Crippen LogP contribution is 2.61. The molecule has 5 rings (SSSR count). The fourth-order valence-corrected chi connectivity index (χ4v) is 9.56. The van der Waals surface area contributed by atoms with Gasteiger partial charge in [0.2, 0.25) is 17.7 Å². The van der Waals surface area contributed by atoms with E-state index in [-0.39, 0.29) is 48.0 Å². The second kappa shape index (κ2) is 18.0. The number of carbonyl (C=O) groups excluding carboxylic acids is 4. The van der Waals surface area contributed by atoms with E-state index in [1.165, 1.54) is 4.90 Å². The van der Waals surface area contributed by atoms with Crippen LogP contribution in [0.25, 0.3) is 0 Å². The number of morpholine rings is 1. The molecule has 12 nitrogen and oxygen atoms in total. The van der Waals surface area contributed by atoms with E-state index in [4.69, 9.17) is 14.2 Å². The molecule has 4 fully saturated rings. The topological polar surface area (TPSA) is 129 Å². The Bertz CT molecular complexity index is 1480. The zero-order valence-electron chi connectivity index (χ0n) is 31.6. The Hall–Kier alpha value is -3.10. The average molecular weight is 802 g/mol. The molecule has 0 radical (unpaired) electrons. The van der Waals surface area contributed by atoms with Crippen LogP contribution in [0.1, 0.15) is 58.1 Å². The first kappa shape index (κ1) is 41.1. The Balaban J connectivity index is 1.51. The zero-order valence-corrected chi connectivity index (χ0v) is 33.2.